The van der Waals surface area contributed by atoms with E-state index in [1.165, 1.54) is 0 Å². The molecule has 1 aromatic heterocycles. The van der Waals surface area contributed by atoms with Crippen LogP contribution < -0.4 is 5.32 Å². The highest BCUT2D eigenvalue weighted by Crippen LogP contribution is 2.07. The number of rotatable bonds is 8. The maximum absolute atomic E-state index is 5.12. The monoisotopic (exact) mass is 252 g/mol. The quantitative estimate of drug-likeness (QED) is 0.764. The summed E-state index contributed by atoms with van der Waals surface area (Å²) in [6.45, 7) is 9.71. The molecule has 1 rings (SSSR count). The minimum absolute atomic E-state index is 0.468. The van der Waals surface area contributed by atoms with Crippen LogP contribution in [0.5, 0.6) is 0 Å². The summed E-state index contributed by atoms with van der Waals surface area (Å²) in [5, 5.41) is 3.14. The van der Waals surface area contributed by atoms with Gasteiger partial charge in [-0.25, -0.2) is 4.98 Å². The maximum Gasteiger partial charge on any atom is 0.144 e. The smallest absolute Gasteiger partial charge is 0.144 e. The second kappa shape index (κ2) is 8.00. The van der Waals surface area contributed by atoms with Gasteiger partial charge in [0.25, 0.3) is 0 Å². The van der Waals surface area contributed by atoms with Crippen LogP contribution in [0.1, 0.15) is 26.5 Å². The summed E-state index contributed by atoms with van der Waals surface area (Å²) in [5.74, 6) is 0.828. The van der Waals surface area contributed by atoms with Crippen LogP contribution in [0.3, 0.4) is 0 Å². The molecule has 0 aliphatic rings. The first-order valence-corrected chi connectivity index (χ1v) is 6.45. The number of nitrogens with zero attached hydrogens (tertiary/aromatic N) is 3. The van der Waals surface area contributed by atoms with Gasteiger partial charge in [0, 0.05) is 32.8 Å². The van der Waals surface area contributed by atoms with E-state index in [1.54, 1.807) is 13.3 Å². The number of hydrogen-bond acceptors (Lipinski definition) is 5. The average Bonchev–Trinajstić information content (AvgIpc) is 2.36. The molecule has 0 saturated carbocycles. The van der Waals surface area contributed by atoms with Crippen molar-refractivity contribution in [2.75, 3.05) is 32.1 Å². The third-order valence-electron chi connectivity index (χ3n) is 2.74. The number of aromatic nitrogens is 2. The third-order valence-corrected chi connectivity index (χ3v) is 2.74. The summed E-state index contributed by atoms with van der Waals surface area (Å²) in [7, 11) is 1.73. The molecule has 0 bridgehead atoms. The van der Waals surface area contributed by atoms with E-state index in [0.29, 0.717) is 6.04 Å². The van der Waals surface area contributed by atoms with Crippen molar-refractivity contribution >= 4 is 5.82 Å². The molecule has 0 saturated heterocycles. The number of hydrogen-bond donors (Lipinski definition) is 1. The molecule has 0 radical (unpaired) electrons. The lowest BCUT2D eigenvalue weighted by Gasteiger charge is -2.25. The van der Waals surface area contributed by atoms with Crippen LogP contribution >= 0.6 is 0 Å². The van der Waals surface area contributed by atoms with E-state index in [9.17, 15) is 0 Å². The summed E-state index contributed by atoms with van der Waals surface area (Å²) < 4.78 is 5.12. The first kappa shape index (κ1) is 14.9. The molecule has 5 nitrogen and oxygen atoms in total. The molecule has 18 heavy (non-hydrogen) atoms. The van der Waals surface area contributed by atoms with Crippen molar-refractivity contribution in [1.29, 1.82) is 0 Å². The van der Waals surface area contributed by atoms with E-state index in [-0.39, 0.29) is 0 Å². The van der Waals surface area contributed by atoms with Gasteiger partial charge in [-0.2, -0.15) is 0 Å². The Labute approximate surface area is 110 Å². The molecule has 0 amide bonds. The van der Waals surface area contributed by atoms with Gasteiger partial charge in [0.1, 0.15) is 5.82 Å². The highest BCUT2D eigenvalue weighted by molar-refractivity contribution is 5.30. The number of nitrogens with one attached hydrogen (secondary N) is 1. The van der Waals surface area contributed by atoms with Gasteiger partial charge >= 0.3 is 0 Å². The zero-order valence-electron chi connectivity index (χ0n) is 11.8. The van der Waals surface area contributed by atoms with E-state index in [2.05, 4.69) is 34.0 Å². The molecule has 1 heterocycles. The molecule has 0 fully saturated rings. The van der Waals surface area contributed by atoms with Crippen molar-refractivity contribution in [3.05, 3.63) is 18.1 Å². The van der Waals surface area contributed by atoms with Crippen LogP contribution in [0.25, 0.3) is 0 Å². The molecule has 0 aliphatic carbocycles. The van der Waals surface area contributed by atoms with Gasteiger partial charge < -0.3 is 10.1 Å². The van der Waals surface area contributed by atoms with Crippen LogP contribution in [0.15, 0.2) is 12.4 Å². The summed E-state index contributed by atoms with van der Waals surface area (Å²) in [6, 6.07) is 0.468. The highest BCUT2D eigenvalue weighted by atomic mass is 16.5. The zero-order chi connectivity index (χ0) is 13.4. The molecule has 1 aromatic rings. The molecule has 1 N–H and O–H groups in total. The van der Waals surface area contributed by atoms with Gasteiger partial charge in [0.15, 0.2) is 0 Å². The fourth-order valence-corrected chi connectivity index (χ4v) is 1.65. The van der Waals surface area contributed by atoms with E-state index in [4.69, 9.17) is 4.74 Å². The normalized spacial score (nSPS) is 11.2. The largest absolute Gasteiger partial charge is 0.383 e. The average molecular weight is 252 g/mol. The van der Waals surface area contributed by atoms with Crippen molar-refractivity contribution in [2.45, 2.75) is 33.4 Å². The Hall–Kier alpha value is -1.20. The van der Waals surface area contributed by atoms with Crippen molar-refractivity contribution in [3.8, 4) is 0 Å². The number of ether oxygens (including phenoxy) is 1. The zero-order valence-corrected chi connectivity index (χ0v) is 11.8. The summed E-state index contributed by atoms with van der Waals surface area (Å²) in [5.41, 5.74) is 0.987. The highest BCUT2D eigenvalue weighted by Gasteiger charge is 2.10. The van der Waals surface area contributed by atoms with E-state index in [0.717, 1.165) is 37.8 Å². The molecule has 0 unspecified atom stereocenters. The van der Waals surface area contributed by atoms with Crippen molar-refractivity contribution in [1.82, 2.24) is 14.9 Å². The maximum atomic E-state index is 5.12. The molecule has 0 aromatic carbocycles. The predicted octanol–water partition coefficient (Wildman–Crippen LogP) is 1.77. The lowest BCUT2D eigenvalue weighted by atomic mass is 10.3. The van der Waals surface area contributed by atoms with Crippen LogP contribution in [0.2, 0.25) is 0 Å². The topological polar surface area (TPSA) is 50.3 Å². The molecule has 5 heteroatoms. The Morgan fingerprint density at radius 3 is 2.61 bits per heavy atom. The van der Waals surface area contributed by atoms with Crippen LogP contribution in [0, 0.1) is 0 Å². The van der Waals surface area contributed by atoms with E-state index >= 15 is 0 Å². The predicted molar refractivity (Wildman–Crippen MR) is 73.6 cm³/mol. The van der Waals surface area contributed by atoms with Gasteiger partial charge in [-0.15, -0.1) is 0 Å². The Morgan fingerprint density at radius 1 is 1.33 bits per heavy atom. The fourth-order valence-electron chi connectivity index (χ4n) is 1.65. The van der Waals surface area contributed by atoms with Crippen LogP contribution in [-0.2, 0) is 11.3 Å². The van der Waals surface area contributed by atoms with Crippen molar-refractivity contribution in [2.24, 2.45) is 0 Å². The second-order valence-electron chi connectivity index (χ2n) is 4.48. The van der Waals surface area contributed by atoms with E-state index < -0.39 is 0 Å². The Bertz CT molecular complexity index is 326. The van der Waals surface area contributed by atoms with Gasteiger partial charge in [0.05, 0.1) is 24.7 Å². The third kappa shape index (κ3) is 4.98. The van der Waals surface area contributed by atoms with E-state index in [1.807, 2.05) is 13.1 Å². The Balaban J connectivity index is 2.57. The molecular formula is C13H24N4O. The number of anilines is 1. The lowest BCUT2D eigenvalue weighted by Crippen LogP contribution is -2.33. The van der Waals surface area contributed by atoms with Gasteiger partial charge in [-0.1, -0.05) is 0 Å². The van der Waals surface area contributed by atoms with Crippen LogP contribution in [-0.4, -0.2) is 47.7 Å². The first-order valence-electron chi connectivity index (χ1n) is 6.45. The molecule has 0 spiro atoms. The first-order chi connectivity index (χ1) is 8.67. The summed E-state index contributed by atoms with van der Waals surface area (Å²) in [4.78, 5) is 11.1. The van der Waals surface area contributed by atoms with Gasteiger partial charge in [-0.3, -0.25) is 9.88 Å². The summed E-state index contributed by atoms with van der Waals surface area (Å²) in [6.07, 6.45) is 3.62. The number of methoxy groups -OCH3 is 1. The Kier molecular flexibility index (Phi) is 6.60. The standard InChI is InChI=1S/C13H24N4O/c1-5-14-13-9-15-12(8-16-13)10-17(11(2)3)6-7-18-4/h8-9,11H,5-7,10H2,1-4H3,(H,14,16). The SMILES string of the molecule is CCNc1cnc(CN(CCOC)C(C)C)cn1. The molecular weight excluding hydrogens is 228 g/mol. The minimum Gasteiger partial charge on any atom is -0.383 e. The lowest BCUT2D eigenvalue weighted by molar-refractivity contribution is 0.124. The second-order valence-corrected chi connectivity index (χ2v) is 4.48. The molecule has 0 atom stereocenters. The summed E-state index contributed by atoms with van der Waals surface area (Å²) >= 11 is 0. The van der Waals surface area contributed by atoms with Gasteiger partial charge in [0.2, 0.25) is 0 Å². The van der Waals surface area contributed by atoms with Crippen molar-refractivity contribution < 1.29 is 4.74 Å². The molecule has 0 aliphatic heterocycles. The van der Waals surface area contributed by atoms with Crippen LogP contribution in [0.4, 0.5) is 5.82 Å². The fraction of sp³-hybridized carbons (Fsp3) is 0.692. The molecule has 102 valence electrons. The Morgan fingerprint density at radius 2 is 2.11 bits per heavy atom. The minimum atomic E-state index is 0.468. The van der Waals surface area contributed by atoms with Crippen molar-refractivity contribution in [3.63, 3.8) is 0 Å². The van der Waals surface area contributed by atoms with Gasteiger partial charge in [-0.05, 0) is 20.8 Å².